The molecule has 6 heteroatoms. The minimum atomic E-state index is -0.525. The van der Waals surface area contributed by atoms with Gasteiger partial charge >= 0.3 is 0 Å². The Morgan fingerprint density at radius 1 is 1.20 bits per heavy atom. The number of carbonyl (C=O) groups excluding carboxylic acids is 2. The third-order valence-electron chi connectivity index (χ3n) is 3.03. The molecule has 0 aliphatic carbocycles. The summed E-state index contributed by atoms with van der Waals surface area (Å²) in [5.74, 6) is -1.04. The van der Waals surface area contributed by atoms with Crippen LogP contribution in [0.4, 0.5) is 5.69 Å². The fourth-order valence-corrected chi connectivity index (χ4v) is 2.23. The second-order valence-corrected chi connectivity index (χ2v) is 4.84. The van der Waals surface area contributed by atoms with Gasteiger partial charge in [-0.2, -0.15) is 0 Å². The van der Waals surface area contributed by atoms with E-state index < -0.39 is 11.7 Å². The van der Waals surface area contributed by atoms with Gasteiger partial charge in [0.25, 0.3) is 11.7 Å². The number of ketones is 1. The molecule has 0 aromatic heterocycles. The number of ether oxygens (including phenoxy) is 2. The van der Waals surface area contributed by atoms with Crippen LogP contribution in [0, 0.1) is 0 Å². The van der Waals surface area contributed by atoms with E-state index in [0.717, 1.165) is 6.42 Å². The maximum Gasteiger partial charge on any atom is 0.299 e. The molecule has 1 aliphatic rings. The van der Waals surface area contributed by atoms with Crippen molar-refractivity contribution in [3.05, 3.63) is 28.8 Å². The number of hydrogen-bond acceptors (Lipinski definition) is 4. The summed E-state index contributed by atoms with van der Waals surface area (Å²) >= 11 is 5.84. The van der Waals surface area contributed by atoms with Crippen LogP contribution >= 0.6 is 11.6 Å². The Morgan fingerprint density at radius 2 is 2.00 bits per heavy atom. The van der Waals surface area contributed by atoms with Gasteiger partial charge in [0.1, 0.15) is 0 Å². The number of benzene rings is 1. The van der Waals surface area contributed by atoms with Crippen molar-refractivity contribution in [2.24, 2.45) is 0 Å². The Hall–Kier alpha value is -1.43. The number of fused-ring (bicyclic) bond motifs is 1. The van der Waals surface area contributed by atoms with Crippen molar-refractivity contribution in [2.45, 2.75) is 6.42 Å². The van der Waals surface area contributed by atoms with E-state index in [9.17, 15) is 9.59 Å². The normalized spacial score (nSPS) is 14.0. The first-order valence-corrected chi connectivity index (χ1v) is 6.75. The van der Waals surface area contributed by atoms with E-state index >= 15 is 0 Å². The largest absolute Gasteiger partial charge is 0.385 e. The Morgan fingerprint density at radius 3 is 2.75 bits per heavy atom. The van der Waals surface area contributed by atoms with Gasteiger partial charge in [0.2, 0.25) is 0 Å². The molecule has 1 aromatic carbocycles. The fraction of sp³-hybridized carbons (Fsp3) is 0.429. The molecule has 0 unspecified atom stereocenters. The minimum absolute atomic E-state index is 0.353. The van der Waals surface area contributed by atoms with E-state index in [4.69, 9.17) is 21.1 Å². The van der Waals surface area contributed by atoms with Crippen molar-refractivity contribution in [3.8, 4) is 0 Å². The Balaban J connectivity index is 1.93. The molecule has 0 saturated heterocycles. The van der Waals surface area contributed by atoms with Gasteiger partial charge in [0.15, 0.2) is 0 Å². The van der Waals surface area contributed by atoms with Crippen molar-refractivity contribution in [1.29, 1.82) is 0 Å². The fourth-order valence-electron chi connectivity index (χ4n) is 2.06. The van der Waals surface area contributed by atoms with Gasteiger partial charge in [0.05, 0.1) is 17.9 Å². The first-order valence-electron chi connectivity index (χ1n) is 6.37. The summed E-state index contributed by atoms with van der Waals surface area (Å²) in [5, 5.41) is 0.447. The first-order chi connectivity index (χ1) is 9.65. The summed E-state index contributed by atoms with van der Waals surface area (Å²) in [6, 6.07) is 4.88. The Bertz CT molecular complexity index is 518. The summed E-state index contributed by atoms with van der Waals surface area (Å²) in [5.41, 5.74) is 0.965. The number of amides is 1. The predicted molar refractivity (Wildman–Crippen MR) is 75.4 cm³/mol. The van der Waals surface area contributed by atoms with Crippen LogP contribution in [0.25, 0.3) is 0 Å². The summed E-state index contributed by atoms with van der Waals surface area (Å²) < 4.78 is 10.3. The second-order valence-electron chi connectivity index (χ2n) is 4.41. The topological polar surface area (TPSA) is 55.8 Å². The maximum atomic E-state index is 11.9. The molecule has 1 amide bonds. The Kier molecular flexibility index (Phi) is 5.11. The van der Waals surface area contributed by atoms with Crippen molar-refractivity contribution < 1.29 is 19.1 Å². The molecule has 0 fully saturated rings. The molecule has 2 rings (SSSR count). The number of methoxy groups -OCH3 is 1. The molecule has 1 heterocycles. The lowest BCUT2D eigenvalue weighted by atomic mass is 10.1. The lowest BCUT2D eigenvalue weighted by molar-refractivity contribution is -0.114. The monoisotopic (exact) mass is 297 g/mol. The molecule has 0 saturated carbocycles. The highest BCUT2D eigenvalue weighted by atomic mass is 35.5. The third-order valence-corrected chi connectivity index (χ3v) is 3.26. The van der Waals surface area contributed by atoms with Crippen LogP contribution < -0.4 is 4.90 Å². The molecule has 5 nitrogen and oxygen atoms in total. The van der Waals surface area contributed by atoms with E-state index in [1.807, 2.05) is 0 Å². The van der Waals surface area contributed by atoms with Crippen LogP contribution in [0.5, 0.6) is 0 Å². The van der Waals surface area contributed by atoms with Gasteiger partial charge < -0.3 is 14.4 Å². The maximum absolute atomic E-state index is 11.9. The van der Waals surface area contributed by atoms with Gasteiger partial charge in [0, 0.05) is 31.9 Å². The summed E-state index contributed by atoms with van der Waals surface area (Å²) in [6.45, 7) is 1.94. The van der Waals surface area contributed by atoms with Crippen molar-refractivity contribution in [2.75, 3.05) is 38.4 Å². The summed E-state index contributed by atoms with van der Waals surface area (Å²) in [7, 11) is 1.64. The SMILES string of the molecule is COCCCOCCN1C(=O)C(=O)c2cc(Cl)ccc21. The van der Waals surface area contributed by atoms with Gasteiger partial charge in [-0.25, -0.2) is 0 Å². The quantitative estimate of drug-likeness (QED) is 0.570. The van der Waals surface area contributed by atoms with Crippen molar-refractivity contribution in [1.82, 2.24) is 0 Å². The first kappa shape index (κ1) is 15.0. The number of halogens is 1. The Labute approximate surface area is 122 Å². The molecule has 0 spiro atoms. The highest BCUT2D eigenvalue weighted by Gasteiger charge is 2.35. The zero-order valence-electron chi connectivity index (χ0n) is 11.2. The number of rotatable bonds is 7. The van der Waals surface area contributed by atoms with Crippen LogP contribution in [-0.4, -0.2) is 45.2 Å². The van der Waals surface area contributed by atoms with E-state index in [2.05, 4.69) is 0 Å². The molecule has 0 atom stereocenters. The van der Waals surface area contributed by atoms with Gasteiger partial charge in [-0.05, 0) is 24.6 Å². The van der Waals surface area contributed by atoms with Crippen LogP contribution in [0.3, 0.4) is 0 Å². The predicted octanol–water partition coefficient (Wildman–Crippen LogP) is 1.92. The van der Waals surface area contributed by atoms with Gasteiger partial charge in [-0.3, -0.25) is 9.59 Å². The van der Waals surface area contributed by atoms with Gasteiger partial charge in [-0.15, -0.1) is 0 Å². The number of carbonyl (C=O) groups is 2. The lowest BCUT2D eigenvalue weighted by Gasteiger charge is -2.16. The highest BCUT2D eigenvalue weighted by molar-refractivity contribution is 6.52. The molecule has 0 bridgehead atoms. The van der Waals surface area contributed by atoms with E-state index in [1.54, 1.807) is 19.2 Å². The highest BCUT2D eigenvalue weighted by Crippen LogP contribution is 2.30. The average Bonchev–Trinajstić information content (AvgIpc) is 2.67. The molecule has 1 aliphatic heterocycles. The lowest BCUT2D eigenvalue weighted by Crippen LogP contribution is -2.32. The summed E-state index contributed by atoms with van der Waals surface area (Å²) in [6.07, 6.45) is 0.801. The second kappa shape index (κ2) is 6.83. The average molecular weight is 298 g/mol. The standard InChI is InChI=1S/C14H16ClNO4/c1-19-6-2-7-20-8-5-16-12-4-3-10(15)9-11(12)13(17)14(16)18/h3-4,9H,2,5-8H2,1H3. The number of hydrogen-bond donors (Lipinski definition) is 0. The molecular weight excluding hydrogens is 282 g/mol. The summed E-state index contributed by atoms with van der Waals surface area (Å²) in [4.78, 5) is 25.2. The van der Waals surface area contributed by atoms with E-state index in [1.165, 1.54) is 11.0 Å². The van der Waals surface area contributed by atoms with Gasteiger partial charge in [-0.1, -0.05) is 11.6 Å². The van der Waals surface area contributed by atoms with E-state index in [0.29, 0.717) is 42.6 Å². The number of nitrogens with zero attached hydrogens (tertiary/aromatic N) is 1. The molecular formula is C14H16ClNO4. The van der Waals surface area contributed by atoms with Crippen LogP contribution in [0.1, 0.15) is 16.8 Å². The molecule has 0 radical (unpaired) electrons. The van der Waals surface area contributed by atoms with Crippen LogP contribution in [0.15, 0.2) is 18.2 Å². The molecule has 1 aromatic rings. The molecule has 20 heavy (non-hydrogen) atoms. The number of Topliss-reactive ketones (excluding diaryl/α,β-unsaturated/α-hetero) is 1. The smallest absolute Gasteiger partial charge is 0.299 e. The zero-order valence-corrected chi connectivity index (χ0v) is 12.0. The zero-order chi connectivity index (χ0) is 14.5. The van der Waals surface area contributed by atoms with Crippen molar-refractivity contribution >= 4 is 29.0 Å². The molecule has 0 N–H and O–H groups in total. The van der Waals surface area contributed by atoms with Crippen molar-refractivity contribution in [3.63, 3.8) is 0 Å². The minimum Gasteiger partial charge on any atom is -0.385 e. The third kappa shape index (κ3) is 3.17. The molecule has 108 valence electrons. The van der Waals surface area contributed by atoms with Crippen LogP contribution in [0.2, 0.25) is 5.02 Å². The van der Waals surface area contributed by atoms with E-state index in [-0.39, 0.29) is 0 Å². The van der Waals surface area contributed by atoms with Crippen LogP contribution in [-0.2, 0) is 14.3 Å². The number of anilines is 1.